The highest BCUT2D eigenvalue weighted by Gasteiger charge is 2.13. The van der Waals surface area contributed by atoms with Crippen LogP contribution in [0.25, 0.3) is 11.3 Å². The number of aromatic nitrogens is 2. The van der Waals surface area contributed by atoms with Crippen molar-refractivity contribution < 1.29 is 40.9 Å². The number of hydrogen-bond donors (Lipinski definition) is 1. The van der Waals surface area contributed by atoms with Gasteiger partial charge in [-0.05, 0) is 17.7 Å². The van der Waals surface area contributed by atoms with Crippen LogP contribution in [0.15, 0.2) is 60.9 Å². The van der Waals surface area contributed by atoms with E-state index in [1.54, 1.807) is 14.2 Å². The van der Waals surface area contributed by atoms with Crippen LogP contribution in [-0.2, 0) is 29.2 Å². The van der Waals surface area contributed by atoms with E-state index in [0.29, 0.717) is 19.0 Å². The summed E-state index contributed by atoms with van der Waals surface area (Å²) in [5, 5.41) is 9.71. The molecule has 0 aliphatic carbocycles. The molecular formula is C22H25BrN2O4. The van der Waals surface area contributed by atoms with E-state index in [1.807, 2.05) is 48.8 Å². The second-order valence-corrected chi connectivity index (χ2v) is 6.41. The monoisotopic (exact) mass is 460 g/mol. The molecule has 0 saturated carbocycles. The Hall–Kier alpha value is -2.32. The van der Waals surface area contributed by atoms with Gasteiger partial charge in [0.15, 0.2) is 18.9 Å². The lowest BCUT2D eigenvalue weighted by Crippen LogP contribution is -3.00. The first kappa shape index (κ1) is 23.0. The third-order valence-electron chi connectivity index (χ3n) is 4.20. The second kappa shape index (κ2) is 11.6. The van der Waals surface area contributed by atoms with E-state index in [0.717, 1.165) is 22.4 Å². The molecule has 0 unspecified atom stereocenters. The van der Waals surface area contributed by atoms with Gasteiger partial charge in [0.1, 0.15) is 6.79 Å². The molecule has 0 aliphatic heterocycles. The Labute approximate surface area is 181 Å². The zero-order chi connectivity index (χ0) is 19.8. The Bertz CT molecular complexity index is 907. The van der Waals surface area contributed by atoms with Crippen molar-refractivity contribution in [3.05, 3.63) is 77.6 Å². The van der Waals surface area contributed by atoms with E-state index in [9.17, 15) is 5.11 Å². The molecule has 1 aromatic carbocycles. The largest absolute Gasteiger partial charge is 1.00 e. The van der Waals surface area contributed by atoms with E-state index in [-0.39, 0.29) is 30.4 Å². The molecule has 0 atom stereocenters. The van der Waals surface area contributed by atoms with Crippen molar-refractivity contribution in [3.8, 4) is 17.1 Å². The fraction of sp³-hybridized carbons (Fsp3) is 0.273. The van der Waals surface area contributed by atoms with Crippen LogP contribution in [0.2, 0.25) is 0 Å². The van der Waals surface area contributed by atoms with Gasteiger partial charge >= 0.3 is 0 Å². The van der Waals surface area contributed by atoms with Crippen LogP contribution in [0, 0.1) is 0 Å². The summed E-state index contributed by atoms with van der Waals surface area (Å²) in [5.41, 5.74) is 4.58. The highest BCUT2D eigenvalue weighted by atomic mass is 79.9. The van der Waals surface area contributed by atoms with Crippen molar-refractivity contribution in [2.75, 3.05) is 21.0 Å². The molecule has 7 heteroatoms. The summed E-state index contributed by atoms with van der Waals surface area (Å²) in [6.07, 6.45) is 3.97. The van der Waals surface area contributed by atoms with Gasteiger partial charge in [0.05, 0.1) is 31.6 Å². The van der Waals surface area contributed by atoms with Gasteiger partial charge in [-0.15, -0.1) is 0 Å². The lowest BCUT2D eigenvalue weighted by molar-refractivity contribution is -0.688. The molecule has 0 fully saturated rings. The predicted octanol–water partition coefficient (Wildman–Crippen LogP) is -0.290. The van der Waals surface area contributed by atoms with Crippen molar-refractivity contribution >= 4 is 0 Å². The molecule has 1 N–H and O–H groups in total. The van der Waals surface area contributed by atoms with Crippen LogP contribution < -0.4 is 26.3 Å². The molecule has 0 aliphatic rings. The first-order chi connectivity index (χ1) is 13.7. The van der Waals surface area contributed by atoms with E-state index >= 15 is 0 Å². The van der Waals surface area contributed by atoms with Crippen LogP contribution in [0.4, 0.5) is 0 Å². The maximum Gasteiger partial charge on any atom is 0.213 e. The third kappa shape index (κ3) is 6.61. The SMILES string of the molecule is COCOCc1cc(OC)nc(-c2cc(CO)c[n+](Cc3ccccc3)c2)c1.[Br-]. The molecule has 3 rings (SSSR count). The maximum absolute atomic E-state index is 9.71. The summed E-state index contributed by atoms with van der Waals surface area (Å²) in [4.78, 5) is 4.57. The number of aliphatic hydroxyl groups is 1. The average Bonchev–Trinajstić information content (AvgIpc) is 2.74. The van der Waals surface area contributed by atoms with Crippen LogP contribution in [0.1, 0.15) is 16.7 Å². The van der Waals surface area contributed by atoms with Crippen LogP contribution >= 0.6 is 0 Å². The average molecular weight is 461 g/mol. The van der Waals surface area contributed by atoms with Gasteiger partial charge in [-0.2, -0.15) is 4.57 Å². The topological polar surface area (TPSA) is 64.7 Å². The quantitative estimate of drug-likeness (QED) is 0.270. The minimum Gasteiger partial charge on any atom is -1.00 e. The summed E-state index contributed by atoms with van der Waals surface area (Å²) in [6.45, 7) is 1.27. The highest BCUT2D eigenvalue weighted by Crippen LogP contribution is 2.23. The van der Waals surface area contributed by atoms with Crippen LogP contribution in [0.3, 0.4) is 0 Å². The van der Waals surface area contributed by atoms with Crippen LogP contribution in [0.5, 0.6) is 5.88 Å². The summed E-state index contributed by atoms with van der Waals surface area (Å²) in [5.74, 6) is 0.512. The van der Waals surface area contributed by atoms with Gasteiger partial charge in [-0.3, -0.25) is 0 Å². The molecule has 0 bridgehead atoms. The molecule has 0 saturated heterocycles. The van der Waals surface area contributed by atoms with Gasteiger partial charge in [0.25, 0.3) is 0 Å². The molecule has 0 spiro atoms. The van der Waals surface area contributed by atoms with E-state index in [1.165, 1.54) is 5.56 Å². The normalized spacial score (nSPS) is 10.4. The second-order valence-electron chi connectivity index (χ2n) is 6.41. The molecule has 3 aromatic rings. The Kier molecular flexibility index (Phi) is 9.21. The summed E-state index contributed by atoms with van der Waals surface area (Å²) < 4.78 is 17.8. The van der Waals surface area contributed by atoms with Crippen molar-refractivity contribution in [1.29, 1.82) is 0 Å². The number of benzene rings is 1. The third-order valence-corrected chi connectivity index (χ3v) is 4.20. The Morgan fingerprint density at radius 1 is 0.966 bits per heavy atom. The van der Waals surface area contributed by atoms with Gasteiger partial charge in [0.2, 0.25) is 5.88 Å². The van der Waals surface area contributed by atoms with Crippen molar-refractivity contribution in [1.82, 2.24) is 4.98 Å². The number of rotatable bonds is 9. The summed E-state index contributed by atoms with van der Waals surface area (Å²) >= 11 is 0. The smallest absolute Gasteiger partial charge is 0.213 e. The van der Waals surface area contributed by atoms with E-state index in [2.05, 4.69) is 21.7 Å². The van der Waals surface area contributed by atoms with Crippen molar-refractivity contribution in [3.63, 3.8) is 0 Å². The molecule has 154 valence electrons. The number of ether oxygens (including phenoxy) is 3. The number of pyridine rings is 2. The fourth-order valence-corrected chi connectivity index (χ4v) is 2.95. The van der Waals surface area contributed by atoms with Gasteiger partial charge < -0.3 is 36.3 Å². The van der Waals surface area contributed by atoms with E-state index in [4.69, 9.17) is 14.2 Å². The lowest BCUT2D eigenvalue weighted by atomic mass is 10.1. The standard InChI is InChI=1S/C22H25N2O4.BrH/c1-26-16-28-15-18-9-21(23-22(10-18)27-2)20-8-19(14-25)12-24(13-20)11-17-6-4-3-5-7-17;/h3-10,12-13,25H,11,14-16H2,1-2H3;1H/q+1;/p-1. The molecular weight excluding hydrogens is 436 g/mol. The van der Waals surface area contributed by atoms with Gasteiger partial charge in [0, 0.05) is 24.3 Å². The summed E-state index contributed by atoms with van der Waals surface area (Å²) in [7, 11) is 3.18. The number of aliphatic hydroxyl groups excluding tert-OH is 1. The summed E-state index contributed by atoms with van der Waals surface area (Å²) in [6, 6.07) is 15.9. The number of halogens is 1. The number of nitrogens with zero attached hydrogens (tertiary/aromatic N) is 2. The molecule has 2 heterocycles. The van der Waals surface area contributed by atoms with E-state index < -0.39 is 0 Å². The molecule has 0 amide bonds. The molecule has 0 radical (unpaired) electrons. The Balaban J connectivity index is 0.00000300. The van der Waals surface area contributed by atoms with Crippen LogP contribution in [-0.4, -0.2) is 31.1 Å². The zero-order valence-corrected chi connectivity index (χ0v) is 18.1. The minimum absolute atomic E-state index is 0. The maximum atomic E-state index is 9.71. The van der Waals surface area contributed by atoms with Gasteiger partial charge in [-0.1, -0.05) is 30.3 Å². The lowest BCUT2D eigenvalue weighted by Gasteiger charge is -2.09. The van der Waals surface area contributed by atoms with Gasteiger partial charge in [-0.25, -0.2) is 4.98 Å². The molecule has 2 aromatic heterocycles. The Morgan fingerprint density at radius 2 is 1.76 bits per heavy atom. The Morgan fingerprint density at radius 3 is 2.45 bits per heavy atom. The fourth-order valence-electron chi connectivity index (χ4n) is 2.95. The first-order valence-electron chi connectivity index (χ1n) is 9.01. The zero-order valence-electron chi connectivity index (χ0n) is 16.5. The first-order valence-corrected chi connectivity index (χ1v) is 9.01. The number of methoxy groups -OCH3 is 2. The van der Waals surface area contributed by atoms with Crippen molar-refractivity contribution in [2.24, 2.45) is 0 Å². The molecule has 29 heavy (non-hydrogen) atoms. The highest BCUT2D eigenvalue weighted by molar-refractivity contribution is 5.59. The molecule has 6 nitrogen and oxygen atoms in total. The minimum atomic E-state index is -0.0452. The number of hydrogen-bond acceptors (Lipinski definition) is 5. The van der Waals surface area contributed by atoms with Crippen molar-refractivity contribution in [2.45, 2.75) is 19.8 Å². The predicted molar refractivity (Wildman–Crippen MR) is 105 cm³/mol.